The van der Waals surface area contributed by atoms with Gasteiger partial charge in [-0.1, -0.05) is 36.4 Å². The normalized spacial score (nSPS) is 14.3. The Bertz CT molecular complexity index is 1400. The van der Waals surface area contributed by atoms with E-state index in [0.717, 1.165) is 28.1 Å². The number of carbonyl (C=O) groups excluding carboxylic acids is 1. The van der Waals surface area contributed by atoms with E-state index in [4.69, 9.17) is 15.8 Å². The third-order valence-electron chi connectivity index (χ3n) is 6.17. The van der Waals surface area contributed by atoms with Crippen molar-refractivity contribution >= 4 is 39.5 Å². The minimum atomic E-state index is -1.36. The van der Waals surface area contributed by atoms with E-state index in [1.54, 1.807) is 16.9 Å². The fraction of sp³-hybridized carbons (Fsp3) is 0.208. The molecule has 178 valence electrons. The first kappa shape index (κ1) is 22.8. The predicted octanol–water partition coefficient (Wildman–Crippen LogP) is 4.37. The van der Waals surface area contributed by atoms with Crippen molar-refractivity contribution in [1.29, 1.82) is 0 Å². The first-order chi connectivity index (χ1) is 16.9. The first-order valence-corrected chi connectivity index (χ1v) is 11.8. The van der Waals surface area contributed by atoms with E-state index in [-0.39, 0.29) is 5.92 Å². The predicted molar refractivity (Wildman–Crippen MR) is 134 cm³/mol. The number of aromatic nitrogens is 4. The Labute approximate surface area is 208 Å². The number of nitrogens with two attached hydrogens (primary N) is 1. The maximum Gasteiger partial charge on any atom is 0.412 e. The van der Waals surface area contributed by atoms with Crippen LogP contribution < -0.4 is 11.1 Å². The summed E-state index contributed by atoms with van der Waals surface area (Å²) in [6.07, 6.45) is 3.43. The molecule has 1 aliphatic heterocycles. The molecule has 0 spiro atoms. The smallest absolute Gasteiger partial charge is 0.412 e. The van der Waals surface area contributed by atoms with Crippen molar-refractivity contribution in [2.24, 2.45) is 0 Å². The fourth-order valence-corrected chi connectivity index (χ4v) is 4.93. The zero-order chi connectivity index (χ0) is 24.5. The minimum absolute atomic E-state index is 0.0480. The summed E-state index contributed by atoms with van der Waals surface area (Å²) in [5.41, 5.74) is 11.4. The van der Waals surface area contributed by atoms with Crippen molar-refractivity contribution in [3.63, 3.8) is 0 Å². The summed E-state index contributed by atoms with van der Waals surface area (Å²) in [6.45, 7) is 0.833. The molecule has 5 rings (SSSR count). The second-order valence-corrected chi connectivity index (χ2v) is 9.08. The lowest BCUT2D eigenvalue weighted by Crippen LogP contribution is -2.45. The Kier molecular flexibility index (Phi) is 6.08. The zero-order valence-corrected chi connectivity index (χ0v) is 20.1. The third kappa shape index (κ3) is 4.42. The molecule has 3 aromatic heterocycles. The van der Waals surface area contributed by atoms with E-state index >= 15 is 0 Å². The molecular weight excluding hydrogens is 514 g/mol. The highest BCUT2D eigenvalue weighted by Gasteiger charge is 2.28. The number of imide groups is 1. The van der Waals surface area contributed by atoms with Gasteiger partial charge in [-0.2, -0.15) is 9.61 Å². The van der Waals surface area contributed by atoms with Crippen LogP contribution in [0.2, 0.25) is 0 Å². The van der Waals surface area contributed by atoms with Crippen LogP contribution in [0.5, 0.6) is 0 Å². The van der Waals surface area contributed by atoms with Crippen LogP contribution in [0.1, 0.15) is 24.5 Å². The van der Waals surface area contributed by atoms with Gasteiger partial charge in [-0.05, 0) is 34.8 Å². The number of carboxylic acid groups (broad SMARTS) is 1. The average molecular weight is 536 g/mol. The molecule has 0 bridgehead atoms. The highest BCUT2D eigenvalue weighted by Crippen LogP contribution is 2.37. The van der Waals surface area contributed by atoms with Crippen molar-refractivity contribution < 1.29 is 14.7 Å². The van der Waals surface area contributed by atoms with Gasteiger partial charge in [0.05, 0.1) is 22.1 Å². The van der Waals surface area contributed by atoms with Gasteiger partial charge >= 0.3 is 12.1 Å². The summed E-state index contributed by atoms with van der Waals surface area (Å²) in [5, 5.41) is 15.1. The van der Waals surface area contributed by atoms with Crippen molar-refractivity contribution in [3.8, 4) is 22.4 Å². The number of fused-ring (bicyclic) bond motifs is 1. The molecule has 4 heterocycles. The monoisotopic (exact) mass is 535 g/mol. The summed E-state index contributed by atoms with van der Waals surface area (Å²) in [5.74, 6) is 0.489. The average Bonchev–Trinajstić information content (AvgIpc) is 3.31. The van der Waals surface area contributed by atoms with Crippen LogP contribution in [-0.4, -0.2) is 54.8 Å². The number of urea groups is 1. The number of likely N-dealkylation sites (tertiary alicyclic amines) is 1. The van der Waals surface area contributed by atoms with Gasteiger partial charge in [0.15, 0.2) is 5.65 Å². The summed E-state index contributed by atoms with van der Waals surface area (Å²) < 4.78 is 2.27. The standard InChI is InChI=1S/C24H22BrN7O3/c25-19-20(15-8-10-31(11-9-15)23(33)30-24(34)35)29-22-17(13-28-32(22)21(19)26)16-6-7-18(27-12-16)14-4-2-1-3-5-14/h1-7,12-13,15H,8-11,26H2,(H,30,33)(H,34,35). The Morgan fingerprint density at radius 3 is 2.46 bits per heavy atom. The van der Waals surface area contributed by atoms with Crippen molar-refractivity contribution in [1.82, 2.24) is 29.8 Å². The van der Waals surface area contributed by atoms with Gasteiger partial charge in [-0.15, -0.1) is 0 Å². The number of pyridine rings is 1. The largest absolute Gasteiger partial charge is 0.465 e. The van der Waals surface area contributed by atoms with Crippen molar-refractivity contribution in [2.45, 2.75) is 18.8 Å². The van der Waals surface area contributed by atoms with Crippen LogP contribution in [-0.2, 0) is 0 Å². The van der Waals surface area contributed by atoms with E-state index in [0.29, 0.717) is 41.9 Å². The molecule has 4 N–H and O–H groups in total. The van der Waals surface area contributed by atoms with E-state index in [9.17, 15) is 9.59 Å². The second kappa shape index (κ2) is 9.34. The van der Waals surface area contributed by atoms with Gasteiger partial charge in [0.25, 0.3) is 0 Å². The molecule has 0 unspecified atom stereocenters. The number of nitrogen functional groups attached to an aromatic ring is 1. The van der Waals surface area contributed by atoms with Crippen LogP contribution in [0.4, 0.5) is 15.4 Å². The first-order valence-electron chi connectivity index (χ1n) is 11.1. The van der Waals surface area contributed by atoms with Crippen LogP contribution in [0.15, 0.2) is 59.3 Å². The van der Waals surface area contributed by atoms with E-state index < -0.39 is 12.1 Å². The summed E-state index contributed by atoms with van der Waals surface area (Å²) >= 11 is 3.58. The summed E-state index contributed by atoms with van der Waals surface area (Å²) in [7, 11) is 0. The molecule has 11 heteroatoms. The Morgan fingerprint density at radius 1 is 1.06 bits per heavy atom. The number of hydrogen-bond donors (Lipinski definition) is 3. The van der Waals surface area contributed by atoms with Crippen LogP contribution in [0.3, 0.4) is 0 Å². The lowest BCUT2D eigenvalue weighted by molar-refractivity contribution is 0.167. The van der Waals surface area contributed by atoms with Gasteiger partial charge < -0.3 is 15.7 Å². The summed E-state index contributed by atoms with van der Waals surface area (Å²) in [6, 6.07) is 13.3. The number of rotatable bonds is 3. The second-order valence-electron chi connectivity index (χ2n) is 8.28. The number of amides is 3. The van der Waals surface area contributed by atoms with Gasteiger partial charge in [-0.25, -0.2) is 19.9 Å². The molecule has 0 saturated carbocycles. The van der Waals surface area contributed by atoms with Gasteiger partial charge in [0.1, 0.15) is 5.82 Å². The zero-order valence-electron chi connectivity index (χ0n) is 18.6. The lowest BCUT2D eigenvalue weighted by Gasteiger charge is -2.31. The van der Waals surface area contributed by atoms with Crippen LogP contribution in [0, 0.1) is 0 Å². The number of benzene rings is 1. The molecular formula is C24H22BrN7O3. The maximum atomic E-state index is 12.0. The Morgan fingerprint density at radius 2 is 1.80 bits per heavy atom. The molecule has 1 aromatic carbocycles. The minimum Gasteiger partial charge on any atom is -0.465 e. The van der Waals surface area contributed by atoms with E-state index in [1.807, 2.05) is 47.8 Å². The number of nitrogens with one attached hydrogen (secondary N) is 1. The number of anilines is 1. The van der Waals surface area contributed by atoms with Crippen LogP contribution >= 0.6 is 15.9 Å². The third-order valence-corrected chi connectivity index (χ3v) is 6.99. The van der Waals surface area contributed by atoms with Gasteiger partial charge in [0, 0.05) is 41.9 Å². The number of hydrogen-bond acceptors (Lipinski definition) is 6. The van der Waals surface area contributed by atoms with Crippen LogP contribution in [0.25, 0.3) is 28.0 Å². The number of carbonyl (C=O) groups is 2. The molecule has 1 saturated heterocycles. The maximum absolute atomic E-state index is 12.0. The molecule has 1 fully saturated rings. The number of nitrogens with zero attached hydrogens (tertiary/aromatic N) is 5. The number of piperidine rings is 1. The highest BCUT2D eigenvalue weighted by molar-refractivity contribution is 9.10. The van der Waals surface area contributed by atoms with Gasteiger partial charge in [0.2, 0.25) is 0 Å². The van der Waals surface area contributed by atoms with E-state index in [2.05, 4.69) is 26.0 Å². The molecule has 0 radical (unpaired) electrons. The topological polar surface area (TPSA) is 139 Å². The number of halogens is 1. The Balaban J connectivity index is 1.43. The van der Waals surface area contributed by atoms with Crippen molar-refractivity contribution in [3.05, 3.63) is 65.0 Å². The van der Waals surface area contributed by atoms with E-state index in [1.165, 1.54) is 4.90 Å². The molecule has 3 amide bonds. The molecule has 4 aromatic rings. The molecule has 1 aliphatic rings. The summed E-state index contributed by atoms with van der Waals surface area (Å²) in [4.78, 5) is 33.8. The lowest BCUT2D eigenvalue weighted by atomic mass is 9.93. The highest BCUT2D eigenvalue weighted by atomic mass is 79.9. The molecule has 10 nitrogen and oxygen atoms in total. The molecule has 0 aliphatic carbocycles. The van der Waals surface area contributed by atoms with Gasteiger partial charge in [-0.3, -0.25) is 4.98 Å². The SMILES string of the molecule is Nc1c(Br)c(C2CCN(C(=O)NC(=O)O)CC2)nc2c(-c3ccc(-c4ccccc4)nc3)cnn12. The molecule has 35 heavy (non-hydrogen) atoms. The quantitative estimate of drug-likeness (QED) is 0.353. The fourth-order valence-electron chi connectivity index (χ4n) is 4.35. The Hall–Kier alpha value is -3.99. The van der Waals surface area contributed by atoms with Crippen molar-refractivity contribution in [2.75, 3.05) is 18.8 Å². The molecule has 0 atom stereocenters.